The Balaban J connectivity index is 2.83. The molecule has 1 aromatic rings. The van der Waals surface area contributed by atoms with Crippen LogP contribution in [0.4, 0.5) is 0 Å². The number of benzene rings is 1. The summed E-state index contributed by atoms with van der Waals surface area (Å²) < 4.78 is 16.0. The van der Waals surface area contributed by atoms with Crippen molar-refractivity contribution in [2.75, 3.05) is 13.2 Å². The van der Waals surface area contributed by atoms with Crippen LogP contribution in [-0.4, -0.2) is 31.0 Å². The first-order chi connectivity index (χ1) is 10.5. The zero-order valence-electron chi connectivity index (χ0n) is 12.3. The van der Waals surface area contributed by atoms with Crippen molar-refractivity contribution in [3.63, 3.8) is 0 Å². The second-order valence-corrected chi connectivity index (χ2v) is 4.19. The van der Waals surface area contributed by atoms with Gasteiger partial charge in [-0.2, -0.15) is 4.99 Å². The summed E-state index contributed by atoms with van der Waals surface area (Å²) in [5.41, 5.74) is 0. The van der Waals surface area contributed by atoms with Crippen LogP contribution in [0.1, 0.15) is 20.8 Å². The highest BCUT2D eigenvalue weighted by atomic mass is 16.6. The van der Waals surface area contributed by atoms with Gasteiger partial charge in [-0.25, -0.2) is 4.99 Å². The molecular weight excluding hydrogens is 292 g/mol. The predicted octanol–water partition coefficient (Wildman–Crippen LogP) is -0.285. The van der Waals surface area contributed by atoms with E-state index in [1.165, 1.54) is 13.0 Å². The minimum absolute atomic E-state index is 0.0216. The summed E-state index contributed by atoms with van der Waals surface area (Å²) in [6.45, 7) is 5.29. The summed E-state index contributed by atoms with van der Waals surface area (Å²) in [5, 5.41) is 0.0689. The van der Waals surface area contributed by atoms with Crippen molar-refractivity contribution in [3.05, 3.63) is 16.8 Å². The van der Waals surface area contributed by atoms with E-state index in [9.17, 15) is 14.4 Å². The molecule has 8 nitrogen and oxygen atoms in total. The first-order valence-electron chi connectivity index (χ1n) is 6.64. The van der Waals surface area contributed by atoms with Crippen LogP contribution < -0.4 is 24.9 Å². The molecule has 0 saturated heterocycles. The van der Waals surface area contributed by atoms with Crippen molar-refractivity contribution in [1.82, 2.24) is 0 Å². The summed E-state index contributed by atoms with van der Waals surface area (Å²) in [7, 11) is 0. The molecule has 0 aliphatic carbocycles. The minimum Gasteiger partial charge on any atom is -0.490 e. The molecule has 0 atom stereocenters. The molecule has 8 heteroatoms. The molecule has 0 N–H and O–H groups in total. The molecule has 116 valence electrons. The number of fused-ring (bicyclic) bond motifs is 1. The van der Waals surface area contributed by atoms with Gasteiger partial charge < -0.3 is 14.2 Å². The number of rotatable bonds is 5. The van der Waals surface area contributed by atoms with E-state index < -0.39 is 17.8 Å². The quantitative estimate of drug-likeness (QED) is 0.421. The van der Waals surface area contributed by atoms with Crippen LogP contribution in [0.3, 0.4) is 0 Å². The number of hydrogen-bond donors (Lipinski definition) is 0. The van der Waals surface area contributed by atoms with Crippen LogP contribution in [0.5, 0.6) is 17.2 Å². The van der Waals surface area contributed by atoms with Crippen molar-refractivity contribution >= 4 is 17.8 Å². The van der Waals surface area contributed by atoms with E-state index in [-0.39, 0.29) is 34.6 Å². The number of nitrogens with zero attached hydrogens (tertiary/aromatic N) is 2. The molecule has 2 amide bonds. The van der Waals surface area contributed by atoms with Crippen molar-refractivity contribution < 1.29 is 28.6 Å². The third-order valence-electron chi connectivity index (χ3n) is 2.61. The normalized spacial score (nSPS) is 12.9. The van der Waals surface area contributed by atoms with Gasteiger partial charge in [0.2, 0.25) is 11.5 Å². The van der Waals surface area contributed by atoms with Crippen molar-refractivity contribution in [1.29, 1.82) is 0 Å². The lowest BCUT2D eigenvalue weighted by molar-refractivity contribution is -0.135. The smallest absolute Gasteiger partial charge is 0.338 e. The van der Waals surface area contributed by atoms with Gasteiger partial charge in [-0.1, -0.05) is 0 Å². The summed E-state index contributed by atoms with van der Waals surface area (Å²) >= 11 is 0. The van der Waals surface area contributed by atoms with E-state index in [0.29, 0.717) is 6.61 Å². The Bertz CT molecular complexity index is 769. The maximum Gasteiger partial charge on any atom is 0.338 e. The average molecular weight is 306 g/mol. The Morgan fingerprint density at radius 1 is 1.05 bits per heavy atom. The van der Waals surface area contributed by atoms with Crippen LogP contribution in [0.2, 0.25) is 0 Å². The van der Waals surface area contributed by atoms with E-state index in [0.717, 1.165) is 0 Å². The van der Waals surface area contributed by atoms with E-state index in [1.807, 2.05) is 0 Å². The highest BCUT2D eigenvalue weighted by molar-refractivity contribution is 6.36. The zero-order valence-corrected chi connectivity index (χ0v) is 12.3. The fourth-order valence-electron chi connectivity index (χ4n) is 1.88. The van der Waals surface area contributed by atoms with Crippen molar-refractivity contribution in [3.8, 4) is 17.2 Å². The molecular formula is C14H14N2O6. The fraction of sp³-hybridized carbons (Fsp3) is 0.357. The van der Waals surface area contributed by atoms with Crippen molar-refractivity contribution in [2.24, 2.45) is 9.98 Å². The third kappa shape index (κ3) is 2.95. The highest BCUT2D eigenvalue weighted by Gasteiger charge is 2.24. The van der Waals surface area contributed by atoms with Crippen LogP contribution in [0, 0.1) is 0 Å². The second-order valence-electron chi connectivity index (χ2n) is 4.19. The van der Waals surface area contributed by atoms with Gasteiger partial charge in [-0.05, 0) is 13.8 Å². The molecule has 0 spiro atoms. The lowest BCUT2D eigenvalue weighted by atomic mass is 10.2. The monoisotopic (exact) mass is 306 g/mol. The van der Waals surface area contributed by atoms with Gasteiger partial charge in [0, 0.05) is 13.0 Å². The molecule has 0 unspecified atom stereocenters. The van der Waals surface area contributed by atoms with E-state index in [2.05, 4.69) is 9.98 Å². The number of ether oxygens (including phenoxy) is 3. The zero-order chi connectivity index (χ0) is 16.3. The van der Waals surface area contributed by atoms with E-state index >= 15 is 0 Å². The van der Waals surface area contributed by atoms with Gasteiger partial charge in [0.1, 0.15) is 10.7 Å². The Kier molecular flexibility index (Phi) is 4.50. The second kappa shape index (κ2) is 6.33. The average Bonchev–Trinajstić information content (AvgIpc) is 2.44. The van der Waals surface area contributed by atoms with Gasteiger partial charge in [0.15, 0.2) is 5.75 Å². The fourth-order valence-corrected chi connectivity index (χ4v) is 1.88. The summed E-state index contributed by atoms with van der Waals surface area (Å²) in [4.78, 5) is 41.4. The van der Waals surface area contributed by atoms with Crippen LogP contribution in [0.25, 0.3) is 0 Å². The van der Waals surface area contributed by atoms with Gasteiger partial charge in [-0.3, -0.25) is 14.4 Å². The molecule has 1 aliphatic heterocycles. The Morgan fingerprint density at radius 3 is 2.27 bits per heavy atom. The van der Waals surface area contributed by atoms with E-state index in [4.69, 9.17) is 14.2 Å². The standard InChI is InChI=1S/C14H14N2O6/c1-4-20-9-6-8-10(16-14(19)13(18)15-8)12(22-7(3)17)11(9)21-5-2/h6H,4-5H2,1-3H3. The molecule has 0 fully saturated rings. The Hall–Kier alpha value is -2.77. The summed E-state index contributed by atoms with van der Waals surface area (Å²) in [6, 6.07) is 1.42. The summed E-state index contributed by atoms with van der Waals surface area (Å²) in [6.07, 6.45) is 0. The molecule has 2 rings (SSSR count). The maximum absolute atomic E-state index is 11.5. The highest BCUT2D eigenvalue weighted by Crippen LogP contribution is 2.33. The first kappa shape index (κ1) is 15.6. The minimum atomic E-state index is -1.03. The molecule has 0 saturated carbocycles. The molecule has 0 radical (unpaired) electrons. The van der Waals surface area contributed by atoms with Crippen LogP contribution in [0.15, 0.2) is 16.1 Å². The Morgan fingerprint density at radius 2 is 1.68 bits per heavy atom. The lowest BCUT2D eigenvalue weighted by Gasteiger charge is -2.15. The van der Waals surface area contributed by atoms with E-state index in [1.54, 1.807) is 13.8 Å². The molecule has 0 aromatic heterocycles. The largest absolute Gasteiger partial charge is 0.490 e. The van der Waals surface area contributed by atoms with Gasteiger partial charge >= 0.3 is 17.8 Å². The van der Waals surface area contributed by atoms with Crippen LogP contribution >= 0.6 is 0 Å². The Labute approximate surface area is 125 Å². The number of carbonyl (C=O) groups excluding carboxylic acids is 3. The van der Waals surface area contributed by atoms with Crippen molar-refractivity contribution in [2.45, 2.75) is 20.8 Å². The van der Waals surface area contributed by atoms with Gasteiger partial charge in [-0.15, -0.1) is 0 Å². The maximum atomic E-state index is 11.5. The van der Waals surface area contributed by atoms with Gasteiger partial charge in [0.25, 0.3) is 0 Å². The topological polar surface area (TPSA) is 104 Å². The molecule has 1 heterocycles. The number of carbonyl (C=O) groups is 3. The number of hydrogen-bond acceptors (Lipinski definition) is 6. The van der Waals surface area contributed by atoms with Crippen LogP contribution in [-0.2, 0) is 14.4 Å². The first-order valence-corrected chi connectivity index (χ1v) is 6.64. The molecule has 0 bridgehead atoms. The lowest BCUT2D eigenvalue weighted by Crippen LogP contribution is -2.36. The number of amides is 2. The van der Waals surface area contributed by atoms with Gasteiger partial charge in [0.05, 0.1) is 13.2 Å². The molecule has 1 aromatic carbocycles. The number of esters is 1. The third-order valence-corrected chi connectivity index (χ3v) is 2.61. The molecule has 22 heavy (non-hydrogen) atoms. The summed E-state index contributed by atoms with van der Waals surface area (Å²) in [5.74, 6) is -2.35. The SMILES string of the molecule is CCOc1cc2c(c(OC(C)=O)c1OCC)=NC(=O)C(=O)N=2. The predicted molar refractivity (Wildman–Crippen MR) is 72.4 cm³/mol. The molecule has 1 aliphatic rings.